The molecule has 22 heavy (non-hydrogen) atoms. The normalized spacial score (nSPS) is 35.3. The molecule has 3 unspecified atom stereocenters. The molecule has 0 aromatic carbocycles. The summed E-state index contributed by atoms with van der Waals surface area (Å²) in [6, 6.07) is 0. The molecule has 4 heteroatoms. The Morgan fingerprint density at radius 3 is 2.27 bits per heavy atom. The van der Waals surface area contributed by atoms with Crippen molar-refractivity contribution >= 4 is 17.5 Å². The van der Waals surface area contributed by atoms with E-state index in [0.29, 0.717) is 25.7 Å². The number of hydrogen-bond acceptors (Lipinski definition) is 4. The smallest absolute Gasteiger partial charge is 0.303 e. The van der Waals surface area contributed by atoms with Gasteiger partial charge < -0.3 is 9.53 Å². The molecule has 0 heterocycles. The molecular formula is C18H28O4. The predicted octanol–water partition coefficient (Wildman–Crippen LogP) is 3.32. The molecule has 2 rings (SSSR count). The minimum Gasteiger partial charge on any atom is -0.458 e. The van der Waals surface area contributed by atoms with E-state index in [0.717, 1.165) is 0 Å². The summed E-state index contributed by atoms with van der Waals surface area (Å²) in [5, 5.41) is 0. The quantitative estimate of drug-likeness (QED) is 0.747. The fraction of sp³-hybridized carbons (Fsp3) is 0.833. The number of carbonyl (C=O) groups excluding carboxylic acids is 3. The molecule has 0 aromatic rings. The molecule has 0 radical (unpaired) electrons. The Morgan fingerprint density at radius 1 is 1.18 bits per heavy atom. The van der Waals surface area contributed by atoms with E-state index in [1.807, 2.05) is 0 Å². The topological polar surface area (TPSA) is 60.4 Å². The highest BCUT2D eigenvalue weighted by molar-refractivity contribution is 5.87. The number of esters is 1. The number of ketones is 2. The van der Waals surface area contributed by atoms with E-state index in [1.54, 1.807) is 6.92 Å². The van der Waals surface area contributed by atoms with Crippen LogP contribution in [0.1, 0.15) is 67.2 Å². The Bertz CT molecular complexity index is 517. The Kier molecular flexibility index (Phi) is 4.04. The lowest BCUT2D eigenvalue weighted by molar-refractivity contribution is -0.270. The summed E-state index contributed by atoms with van der Waals surface area (Å²) in [6.07, 6.45) is 2.37. The van der Waals surface area contributed by atoms with Crippen LogP contribution in [0, 0.1) is 22.7 Å². The molecule has 4 nitrogen and oxygen atoms in total. The van der Waals surface area contributed by atoms with Crippen molar-refractivity contribution in [3.63, 3.8) is 0 Å². The van der Waals surface area contributed by atoms with Gasteiger partial charge in [0.05, 0.1) is 5.92 Å². The van der Waals surface area contributed by atoms with Gasteiger partial charge >= 0.3 is 5.97 Å². The highest BCUT2D eigenvalue weighted by atomic mass is 16.6. The Labute approximate surface area is 133 Å². The minimum atomic E-state index is -0.719. The van der Waals surface area contributed by atoms with E-state index < -0.39 is 5.60 Å². The van der Waals surface area contributed by atoms with Crippen molar-refractivity contribution in [2.24, 2.45) is 22.7 Å². The molecule has 2 saturated carbocycles. The van der Waals surface area contributed by atoms with Gasteiger partial charge in [-0.15, -0.1) is 0 Å². The SMILES string of the molecule is CC(=O)CCC1C(C)(C)C2C(=O)CC(C)(C)CC12OC(C)=O. The third kappa shape index (κ3) is 2.61. The highest BCUT2D eigenvalue weighted by Crippen LogP contribution is 2.68. The van der Waals surface area contributed by atoms with Crippen molar-refractivity contribution in [3.05, 3.63) is 0 Å². The van der Waals surface area contributed by atoms with Crippen LogP contribution in [-0.4, -0.2) is 23.1 Å². The lowest BCUT2D eigenvalue weighted by Crippen LogP contribution is -2.74. The first kappa shape index (κ1) is 17.2. The molecule has 2 aliphatic rings. The summed E-state index contributed by atoms with van der Waals surface area (Å²) in [6.45, 7) is 11.2. The third-order valence-electron chi connectivity index (χ3n) is 5.57. The van der Waals surface area contributed by atoms with Crippen molar-refractivity contribution in [1.29, 1.82) is 0 Å². The first-order chi connectivity index (χ1) is 9.92. The number of fused-ring (bicyclic) bond motifs is 1. The van der Waals surface area contributed by atoms with Crippen molar-refractivity contribution in [1.82, 2.24) is 0 Å². The maximum absolute atomic E-state index is 12.7. The lowest BCUT2D eigenvalue weighted by atomic mass is 9.38. The van der Waals surface area contributed by atoms with Crippen LogP contribution in [-0.2, 0) is 19.1 Å². The van der Waals surface area contributed by atoms with E-state index in [9.17, 15) is 14.4 Å². The molecule has 0 saturated heterocycles. The Balaban J connectivity index is 2.40. The summed E-state index contributed by atoms with van der Waals surface area (Å²) in [4.78, 5) is 35.8. The summed E-state index contributed by atoms with van der Waals surface area (Å²) in [5.41, 5.74) is -1.11. The van der Waals surface area contributed by atoms with Crippen LogP contribution in [0.3, 0.4) is 0 Å². The van der Waals surface area contributed by atoms with Crippen LogP contribution in [0.25, 0.3) is 0 Å². The van der Waals surface area contributed by atoms with Gasteiger partial charge in [-0.3, -0.25) is 9.59 Å². The number of rotatable bonds is 4. The first-order valence-corrected chi connectivity index (χ1v) is 8.14. The van der Waals surface area contributed by atoms with E-state index in [-0.39, 0.29) is 40.2 Å². The number of ether oxygens (including phenoxy) is 1. The number of Topliss-reactive ketones (excluding diaryl/α,β-unsaturated/α-hetero) is 2. The van der Waals surface area contributed by atoms with E-state index >= 15 is 0 Å². The van der Waals surface area contributed by atoms with E-state index in [4.69, 9.17) is 4.74 Å². The highest BCUT2D eigenvalue weighted by Gasteiger charge is 2.73. The van der Waals surface area contributed by atoms with Gasteiger partial charge in [0, 0.05) is 25.7 Å². The van der Waals surface area contributed by atoms with Gasteiger partial charge in [0.2, 0.25) is 0 Å². The average molecular weight is 308 g/mol. The van der Waals surface area contributed by atoms with Gasteiger partial charge in [0.25, 0.3) is 0 Å². The molecule has 124 valence electrons. The second-order valence-corrected chi connectivity index (χ2v) is 8.58. The average Bonchev–Trinajstić information content (AvgIpc) is 2.22. The molecule has 0 aliphatic heterocycles. The first-order valence-electron chi connectivity index (χ1n) is 8.14. The van der Waals surface area contributed by atoms with Crippen molar-refractivity contribution in [2.75, 3.05) is 0 Å². The minimum absolute atomic E-state index is 0.0568. The second kappa shape index (κ2) is 5.17. The summed E-state index contributed by atoms with van der Waals surface area (Å²) >= 11 is 0. The van der Waals surface area contributed by atoms with Crippen LogP contribution < -0.4 is 0 Å². The van der Waals surface area contributed by atoms with Crippen LogP contribution in [0.5, 0.6) is 0 Å². The fourth-order valence-electron chi connectivity index (χ4n) is 5.26. The largest absolute Gasteiger partial charge is 0.458 e. The van der Waals surface area contributed by atoms with Crippen molar-refractivity contribution in [2.45, 2.75) is 72.8 Å². The fourth-order valence-corrected chi connectivity index (χ4v) is 5.26. The summed E-state index contributed by atoms with van der Waals surface area (Å²) < 4.78 is 5.79. The van der Waals surface area contributed by atoms with Gasteiger partial charge in [-0.25, -0.2) is 0 Å². The van der Waals surface area contributed by atoms with E-state index in [1.165, 1.54) is 6.92 Å². The lowest BCUT2D eigenvalue weighted by Gasteiger charge is -2.68. The van der Waals surface area contributed by atoms with Gasteiger partial charge in [-0.1, -0.05) is 27.7 Å². The van der Waals surface area contributed by atoms with E-state index in [2.05, 4.69) is 27.7 Å². The second-order valence-electron chi connectivity index (χ2n) is 8.58. The zero-order valence-corrected chi connectivity index (χ0v) is 14.6. The zero-order valence-electron chi connectivity index (χ0n) is 14.6. The Hall–Kier alpha value is -1.19. The molecule has 2 aliphatic carbocycles. The van der Waals surface area contributed by atoms with Gasteiger partial charge in [0.15, 0.2) is 0 Å². The van der Waals surface area contributed by atoms with Crippen LogP contribution in [0.15, 0.2) is 0 Å². The number of hydrogen-bond donors (Lipinski definition) is 0. The molecule has 2 fully saturated rings. The standard InChI is InChI=1S/C18H28O4/c1-11(19)7-8-14-17(5,6)15-13(21)9-16(3,4)10-18(14,15)22-12(2)20/h14-15H,7-10H2,1-6H3. The van der Waals surface area contributed by atoms with Crippen molar-refractivity contribution < 1.29 is 19.1 Å². The van der Waals surface area contributed by atoms with Gasteiger partial charge in [-0.05, 0) is 30.6 Å². The van der Waals surface area contributed by atoms with Crippen LogP contribution in [0.2, 0.25) is 0 Å². The summed E-state index contributed by atoms with van der Waals surface area (Å²) in [7, 11) is 0. The zero-order chi connectivity index (χ0) is 16.9. The molecule has 0 spiro atoms. The van der Waals surface area contributed by atoms with Gasteiger partial charge in [-0.2, -0.15) is 0 Å². The monoisotopic (exact) mass is 308 g/mol. The molecule has 0 N–H and O–H groups in total. The number of carbonyl (C=O) groups is 3. The molecule has 3 atom stereocenters. The summed E-state index contributed by atoms with van der Waals surface area (Å²) in [5.74, 6) is -0.186. The van der Waals surface area contributed by atoms with Crippen LogP contribution >= 0.6 is 0 Å². The van der Waals surface area contributed by atoms with Crippen molar-refractivity contribution in [3.8, 4) is 0 Å². The molecule has 0 aromatic heterocycles. The molecule has 0 amide bonds. The van der Waals surface area contributed by atoms with Gasteiger partial charge in [0.1, 0.15) is 17.2 Å². The Morgan fingerprint density at radius 2 is 1.77 bits per heavy atom. The predicted molar refractivity (Wildman–Crippen MR) is 83.2 cm³/mol. The maximum Gasteiger partial charge on any atom is 0.303 e. The maximum atomic E-state index is 12.7. The molecular weight excluding hydrogens is 280 g/mol. The third-order valence-corrected chi connectivity index (χ3v) is 5.57. The van der Waals surface area contributed by atoms with Crippen LogP contribution in [0.4, 0.5) is 0 Å². The molecule has 0 bridgehead atoms.